The summed E-state index contributed by atoms with van der Waals surface area (Å²) in [5, 5.41) is 9.23. The van der Waals surface area contributed by atoms with Gasteiger partial charge in [0.1, 0.15) is 6.61 Å². The van der Waals surface area contributed by atoms with Crippen LogP contribution in [0, 0.1) is 53.5 Å². The molecule has 0 spiro atoms. The third kappa shape index (κ3) is 2.61. The van der Waals surface area contributed by atoms with Crippen molar-refractivity contribution in [3.63, 3.8) is 0 Å². The van der Waals surface area contributed by atoms with Gasteiger partial charge in [-0.25, -0.2) is 26.3 Å². The van der Waals surface area contributed by atoms with Crippen molar-refractivity contribution in [3.05, 3.63) is 57.7 Å². The Morgan fingerprint density at radius 1 is 0.667 bits per heavy atom. The molecular weight excluding hydrogens is 352 g/mol. The molecular formula is C14H6F8O2. The number of hydrogen-bond donors (Lipinski definition) is 1. The molecule has 0 amide bonds. The van der Waals surface area contributed by atoms with Crippen LogP contribution in [-0.2, 0) is 6.61 Å². The van der Waals surface area contributed by atoms with Crippen LogP contribution in [0.25, 0.3) is 0 Å². The van der Waals surface area contributed by atoms with Gasteiger partial charge in [-0.1, -0.05) is 0 Å². The number of ether oxygens (including phenoxy) is 1. The highest BCUT2D eigenvalue weighted by Crippen LogP contribution is 2.33. The van der Waals surface area contributed by atoms with Gasteiger partial charge in [0.05, 0.1) is 5.56 Å². The number of phenols is 1. The minimum atomic E-state index is -2.31. The Labute approximate surface area is 128 Å². The quantitative estimate of drug-likeness (QED) is 0.501. The van der Waals surface area contributed by atoms with Crippen LogP contribution in [0.2, 0.25) is 0 Å². The van der Waals surface area contributed by atoms with Crippen LogP contribution in [0.5, 0.6) is 11.5 Å². The van der Waals surface area contributed by atoms with E-state index in [1.54, 1.807) is 0 Å². The highest BCUT2D eigenvalue weighted by Gasteiger charge is 2.28. The van der Waals surface area contributed by atoms with Crippen molar-refractivity contribution < 1.29 is 45.0 Å². The molecule has 0 aliphatic carbocycles. The maximum Gasteiger partial charge on any atom is 0.206 e. The molecule has 2 rings (SSSR count). The number of benzene rings is 2. The van der Waals surface area contributed by atoms with Crippen molar-refractivity contribution >= 4 is 0 Å². The van der Waals surface area contributed by atoms with Crippen LogP contribution < -0.4 is 4.74 Å². The molecule has 0 unspecified atom stereocenters. The van der Waals surface area contributed by atoms with Gasteiger partial charge in [0.25, 0.3) is 0 Å². The van der Waals surface area contributed by atoms with E-state index in [4.69, 9.17) is 0 Å². The highest BCUT2D eigenvalue weighted by molar-refractivity contribution is 5.38. The molecule has 0 bridgehead atoms. The molecule has 0 atom stereocenters. The van der Waals surface area contributed by atoms with Crippen molar-refractivity contribution in [1.29, 1.82) is 0 Å². The lowest BCUT2D eigenvalue weighted by molar-refractivity contribution is 0.247. The summed E-state index contributed by atoms with van der Waals surface area (Å²) in [6.07, 6.45) is 0. The summed E-state index contributed by atoms with van der Waals surface area (Å²) in [6, 6.07) is 0. The zero-order valence-electron chi connectivity index (χ0n) is 11.6. The fraction of sp³-hybridized carbons (Fsp3) is 0.143. The van der Waals surface area contributed by atoms with Crippen LogP contribution in [0.15, 0.2) is 0 Å². The van der Waals surface area contributed by atoms with E-state index in [0.717, 1.165) is 6.92 Å². The zero-order valence-corrected chi connectivity index (χ0v) is 11.6. The molecule has 10 heteroatoms. The van der Waals surface area contributed by atoms with E-state index in [-0.39, 0.29) is 0 Å². The molecule has 0 aromatic heterocycles. The third-order valence-corrected chi connectivity index (χ3v) is 3.14. The van der Waals surface area contributed by atoms with E-state index in [1.165, 1.54) is 0 Å². The molecule has 0 saturated heterocycles. The average Bonchev–Trinajstić information content (AvgIpc) is 2.57. The van der Waals surface area contributed by atoms with Crippen molar-refractivity contribution in [2.75, 3.05) is 0 Å². The lowest BCUT2D eigenvalue weighted by Gasteiger charge is -2.13. The molecule has 2 aromatic carbocycles. The normalized spacial score (nSPS) is 11.0. The van der Waals surface area contributed by atoms with Gasteiger partial charge in [-0.05, 0) is 6.92 Å². The molecule has 0 aliphatic rings. The maximum atomic E-state index is 13.7. The Morgan fingerprint density at radius 3 is 1.75 bits per heavy atom. The Hall–Kier alpha value is -2.52. The second kappa shape index (κ2) is 6.17. The summed E-state index contributed by atoms with van der Waals surface area (Å²) in [5.41, 5.74) is -2.28. The molecule has 1 N–H and O–H groups in total. The monoisotopic (exact) mass is 358 g/mol. The summed E-state index contributed by atoms with van der Waals surface area (Å²) in [7, 11) is 0. The summed E-state index contributed by atoms with van der Waals surface area (Å²) in [6.45, 7) is -0.653. The largest absolute Gasteiger partial charge is 0.504 e. The lowest BCUT2D eigenvalue weighted by atomic mass is 10.1. The molecule has 0 aliphatic heterocycles. The smallest absolute Gasteiger partial charge is 0.206 e. The Bertz CT molecular complexity index is 707. The lowest BCUT2D eigenvalue weighted by Crippen LogP contribution is -2.09. The number of rotatable bonds is 3. The van der Waals surface area contributed by atoms with Crippen molar-refractivity contribution in [3.8, 4) is 11.5 Å². The van der Waals surface area contributed by atoms with E-state index in [9.17, 15) is 40.2 Å². The van der Waals surface area contributed by atoms with E-state index >= 15 is 0 Å². The summed E-state index contributed by atoms with van der Waals surface area (Å²) in [4.78, 5) is 0. The first-order valence-electron chi connectivity index (χ1n) is 6.08. The van der Waals surface area contributed by atoms with E-state index in [1.807, 2.05) is 0 Å². The number of aromatic hydroxyl groups is 1. The molecule has 2 nitrogen and oxygen atoms in total. The molecule has 0 radical (unpaired) electrons. The van der Waals surface area contributed by atoms with E-state index in [0.29, 0.717) is 0 Å². The summed E-state index contributed by atoms with van der Waals surface area (Å²) >= 11 is 0. The first-order valence-corrected chi connectivity index (χ1v) is 6.08. The van der Waals surface area contributed by atoms with Gasteiger partial charge in [0.2, 0.25) is 17.5 Å². The van der Waals surface area contributed by atoms with Gasteiger partial charge in [0, 0.05) is 5.56 Å². The van der Waals surface area contributed by atoms with Gasteiger partial charge in [-0.15, -0.1) is 0 Å². The third-order valence-electron chi connectivity index (χ3n) is 3.14. The molecule has 0 fully saturated rings. The van der Waals surface area contributed by atoms with Gasteiger partial charge in [-0.3, -0.25) is 0 Å². The Morgan fingerprint density at radius 2 is 1.17 bits per heavy atom. The van der Waals surface area contributed by atoms with E-state index in [2.05, 4.69) is 4.74 Å². The fourth-order valence-corrected chi connectivity index (χ4v) is 1.79. The Kier molecular flexibility index (Phi) is 4.59. The molecule has 2 aromatic rings. The standard InChI is InChI=1S/C14H6F8O2/c1-3-5(15)8(18)12(22)14(6(3)16)24-2-4-7(17)9(19)10(20)11(21)13(4)23/h23H,2H2,1H3. The summed E-state index contributed by atoms with van der Waals surface area (Å²) < 4.78 is 110. The summed E-state index contributed by atoms with van der Waals surface area (Å²) in [5.74, 6) is -19.8. The van der Waals surface area contributed by atoms with E-state index < -0.39 is 75.8 Å². The highest BCUT2D eigenvalue weighted by atomic mass is 19.2. The predicted molar refractivity (Wildman–Crippen MR) is 63.3 cm³/mol. The average molecular weight is 358 g/mol. The number of hydrogen-bond acceptors (Lipinski definition) is 2. The second-order valence-electron chi connectivity index (χ2n) is 4.58. The molecule has 0 heterocycles. The minimum absolute atomic E-state index is 0.745. The first kappa shape index (κ1) is 17.8. The van der Waals surface area contributed by atoms with Crippen molar-refractivity contribution in [2.45, 2.75) is 13.5 Å². The van der Waals surface area contributed by atoms with Crippen molar-refractivity contribution in [2.24, 2.45) is 0 Å². The van der Waals surface area contributed by atoms with Crippen LogP contribution in [0.4, 0.5) is 35.1 Å². The topological polar surface area (TPSA) is 29.5 Å². The van der Waals surface area contributed by atoms with Gasteiger partial charge < -0.3 is 9.84 Å². The zero-order chi connectivity index (χ0) is 18.3. The maximum absolute atomic E-state index is 13.7. The first-order chi connectivity index (χ1) is 11.1. The molecule has 130 valence electrons. The van der Waals surface area contributed by atoms with Crippen LogP contribution in [0.3, 0.4) is 0 Å². The SMILES string of the molecule is Cc1c(F)c(F)c(F)c(OCc2c(O)c(F)c(F)c(F)c2F)c1F. The van der Waals surface area contributed by atoms with Crippen molar-refractivity contribution in [1.82, 2.24) is 0 Å². The number of phenolic OH excluding ortho intramolecular Hbond substituents is 1. The van der Waals surface area contributed by atoms with Gasteiger partial charge in [-0.2, -0.15) is 8.78 Å². The minimum Gasteiger partial charge on any atom is -0.504 e. The predicted octanol–water partition coefficient (Wildman–Crippen LogP) is 4.39. The molecule has 0 saturated carbocycles. The second-order valence-corrected chi connectivity index (χ2v) is 4.58. The van der Waals surface area contributed by atoms with Gasteiger partial charge in [0.15, 0.2) is 40.6 Å². The van der Waals surface area contributed by atoms with Crippen LogP contribution >= 0.6 is 0 Å². The van der Waals surface area contributed by atoms with Crippen LogP contribution in [0.1, 0.15) is 11.1 Å². The van der Waals surface area contributed by atoms with Crippen LogP contribution in [-0.4, -0.2) is 5.11 Å². The van der Waals surface area contributed by atoms with Gasteiger partial charge >= 0.3 is 0 Å². The molecule has 24 heavy (non-hydrogen) atoms. The Balaban J connectivity index is 2.48. The fourth-order valence-electron chi connectivity index (χ4n) is 1.79. The number of halogens is 8.